The van der Waals surface area contributed by atoms with E-state index in [-0.39, 0.29) is 75.1 Å². The summed E-state index contributed by atoms with van der Waals surface area (Å²) in [5.74, 6) is -3.20. The Morgan fingerprint density at radius 2 is 1.44 bits per heavy atom. The highest BCUT2D eigenvalue weighted by Crippen LogP contribution is 2.74. The zero-order chi connectivity index (χ0) is 45.1. The van der Waals surface area contributed by atoms with E-state index in [2.05, 4.69) is 58.2 Å². The second-order valence-corrected chi connectivity index (χ2v) is 18.9. The summed E-state index contributed by atoms with van der Waals surface area (Å²) in [6.45, 7) is 8.24. The molecular weight excluding hydrogens is 863 g/mol. The predicted molar refractivity (Wildman–Crippen MR) is 231 cm³/mol. The third-order valence-electron chi connectivity index (χ3n) is 14.9. The van der Waals surface area contributed by atoms with E-state index in [0.29, 0.717) is 41.2 Å². The number of fused-ring (bicyclic) bond motifs is 10. The molecule has 2 saturated carbocycles. The van der Waals surface area contributed by atoms with Gasteiger partial charge in [-0.15, -0.1) is 0 Å². The Hall–Kier alpha value is -5.90. The lowest BCUT2D eigenvalue weighted by atomic mass is 9.66. The number of hydrogen-bond acceptors (Lipinski definition) is 12. The van der Waals surface area contributed by atoms with Crippen molar-refractivity contribution in [1.29, 1.82) is 0 Å². The summed E-state index contributed by atoms with van der Waals surface area (Å²) < 4.78 is 36.9. The van der Waals surface area contributed by atoms with E-state index in [0.717, 1.165) is 17.5 Å². The standard InChI is InChI=1S/C47H41Cl2F2N9O4/c1-44(2)26-11-14-46(44,32-12-16-53-41(56-32)43(63)64-5)38-23(26)19-31(58-59-38)35-29(51)10-9-22(37(35)49)25-21-47(33-13-15-52-40(55-33)42(62)54-17-18-61)39-24(36(25)45(47,3)4)20-30(57-60-39)34-27(48)7-6-8-28(34)50/h6-10,12-13,15-16,19-20,25-26,36,61H,11,14,17-18,21H2,1-5H3,(H,54,62)/t25?,26-,36+,46-,47-/m0/s1. The first-order valence-corrected chi connectivity index (χ1v) is 21.7. The summed E-state index contributed by atoms with van der Waals surface area (Å²) >= 11 is 14.0. The molecule has 17 heteroatoms. The van der Waals surface area contributed by atoms with E-state index in [1.165, 1.54) is 31.5 Å². The molecular formula is C47H41Cl2F2N9O4. The molecule has 4 aliphatic carbocycles. The van der Waals surface area contributed by atoms with Crippen molar-refractivity contribution in [2.24, 2.45) is 10.8 Å². The number of nitrogens with one attached hydrogen (secondary N) is 1. The third-order valence-corrected chi connectivity index (χ3v) is 15.6. The molecule has 6 aromatic rings. The lowest BCUT2D eigenvalue weighted by Crippen LogP contribution is -2.39. The van der Waals surface area contributed by atoms with Gasteiger partial charge in [0.05, 0.1) is 79.9 Å². The first kappa shape index (κ1) is 42.1. The van der Waals surface area contributed by atoms with Crippen LogP contribution in [-0.4, -0.2) is 77.6 Å². The number of aromatic nitrogens is 8. The number of benzene rings is 2. The first-order valence-electron chi connectivity index (χ1n) is 21.0. The molecule has 2 fully saturated rings. The molecule has 4 aliphatic rings. The Labute approximate surface area is 376 Å². The summed E-state index contributed by atoms with van der Waals surface area (Å²) in [5.41, 5.74) is 2.73. The highest BCUT2D eigenvalue weighted by Gasteiger charge is 2.69. The van der Waals surface area contributed by atoms with Crippen molar-refractivity contribution in [1.82, 2.24) is 45.6 Å². The van der Waals surface area contributed by atoms with Crippen LogP contribution in [0.4, 0.5) is 8.78 Å². The van der Waals surface area contributed by atoms with Crippen LogP contribution < -0.4 is 5.32 Å². The normalized spacial score (nSPS) is 24.1. The van der Waals surface area contributed by atoms with Crippen LogP contribution in [0.1, 0.15) is 125 Å². The quantitative estimate of drug-likeness (QED) is 0.134. The lowest BCUT2D eigenvalue weighted by molar-refractivity contribution is 0.0585. The van der Waals surface area contributed by atoms with E-state index in [1.807, 2.05) is 12.1 Å². The minimum Gasteiger partial charge on any atom is -0.463 e. The van der Waals surface area contributed by atoms with Crippen molar-refractivity contribution >= 4 is 35.1 Å². The number of nitrogens with zero attached hydrogens (tertiary/aromatic N) is 8. The molecule has 4 bridgehead atoms. The average Bonchev–Trinajstić information content (AvgIpc) is 3.85. The summed E-state index contributed by atoms with van der Waals surface area (Å²) in [7, 11) is 1.28. The van der Waals surface area contributed by atoms with Gasteiger partial charge in [-0.1, -0.05) is 63.0 Å². The molecule has 1 amide bonds. The second-order valence-electron chi connectivity index (χ2n) is 18.1. The maximum Gasteiger partial charge on any atom is 0.376 e. The second kappa shape index (κ2) is 14.8. The van der Waals surface area contributed by atoms with Crippen molar-refractivity contribution in [3.63, 3.8) is 0 Å². The van der Waals surface area contributed by atoms with Crippen LogP contribution in [0.15, 0.2) is 67.0 Å². The zero-order valence-corrected chi connectivity index (χ0v) is 36.9. The van der Waals surface area contributed by atoms with E-state index >= 15 is 8.78 Å². The molecule has 5 atom stereocenters. The Morgan fingerprint density at radius 3 is 2.14 bits per heavy atom. The smallest absolute Gasteiger partial charge is 0.376 e. The largest absolute Gasteiger partial charge is 0.463 e. The SMILES string of the molecule is COC(=O)c1nccc([C@@]23CC[C@@H](c4cc(-c5c(F)ccc(C6C[C@]7(c8ccnc(C(=O)NCCO)n8)c8nnc(-c9c(F)cccc9Cl)cc8[C@H]6C7(C)C)c5Cl)nnc42)C3(C)C)n1. The van der Waals surface area contributed by atoms with Gasteiger partial charge < -0.3 is 15.2 Å². The van der Waals surface area contributed by atoms with E-state index in [4.69, 9.17) is 43.1 Å². The molecule has 0 saturated heterocycles. The zero-order valence-electron chi connectivity index (χ0n) is 35.4. The van der Waals surface area contributed by atoms with Gasteiger partial charge in [-0.25, -0.2) is 33.5 Å². The van der Waals surface area contributed by atoms with Crippen LogP contribution >= 0.6 is 23.2 Å². The number of methoxy groups -OCH3 is 1. The number of carbonyl (C=O) groups excluding carboxylic acids is 2. The van der Waals surface area contributed by atoms with Crippen LogP contribution in [0.2, 0.25) is 10.0 Å². The van der Waals surface area contributed by atoms with Crippen LogP contribution in [0.5, 0.6) is 0 Å². The van der Waals surface area contributed by atoms with Gasteiger partial charge in [-0.3, -0.25) is 4.79 Å². The van der Waals surface area contributed by atoms with Gasteiger partial charge in [0.25, 0.3) is 5.91 Å². The number of ether oxygens (including phenoxy) is 1. The molecule has 10 rings (SSSR count). The summed E-state index contributed by atoms with van der Waals surface area (Å²) in [6, 6.07) is 14.8. The highest BCUT2D eigenvalue weighted by molar-refractivity contribution is 6.34. The van der Waals surface area contributed by atoms with Gasteiger partial charge in [-0.05, 0) is 107 Å². The molecule has 326 valence electrons. The van der Waals surface area contributed by atoms with Crippen molar-refractivity contribution in [2.75, 3.05) is 20.3 Å². The Balaban J connectivity index is 1.11. The minimum atomic E-state index is -0.990. The number of esters is 1. The van der Waals surface area contributed by atoms with Gasteiger partial charge in [0.1, 0.15) is 11.6 Å². The molecule has 2 N–H and O–H groups in total. The maximum absolute atomic E-state index is 16.5. The van der Waals surface area contributed by atoms with Crippen LogP contribution in [0.3, 0.4) is 0 Å². The van der Waals surface area contributed by atoms with Crippen molar-refractivity contribution in [3.05, 3.63) is 140 Å². The number of aliphatic hydroxyl groups excluding tert-OH is 1. The molecule has 2 aromatic carbocycles. The predicted octanol–water partition coefficient (Wildman–Crippen LogP) is 8.07. The topological polar surface area (TPSA) is 179 Å². The number of carbonyl (C=O) groups is 2. The summed E-state index contributed by atoms with van der Waals surface area (Å²) in [6.07, 6.45) is 4.96. The van der Waals surface area contributed by atoms with Gasteiger partial charge in [-0.2, -0.15) is 20.4 Å². The van der Waals surface area contributed by atoms with Gasteiger partial charge in [0.15, 0.2) is 0 Å². The van der Waals surface area contributed by atoms with Crippen LogP contribution in [0, 0.1) is 22.5 Å². The van der Waals surface area contributed by atoms with Crippen molar-refractivity contribution in [3.8, 4) is 22.5 Å². The average molecular weight is 905 g/mol. The molecule has 64 heavy (non-hydrogen) atoms. The van der Waals surface area contributed by atoms with Gasteiger partial charge in [0.2, 0.25) is 11.6 Å². The van der Waals surface area contributed by atoms with Gasteiger partial charge in [0, 0.05) is 18.9 Å². The van der Waals surface area contributed by atoms with E-state index in [1.54, 1.807) is 30.5 Å². The molecule has 0 spiro atoms. The molecule has 4 heterocycles. The monoisotopic (exact) mass is 903 g/mol. The Morgan fingerprint density at radius 1 is 0.797 bits per heavy atom. The third kappa shape index (κ3) is 5.62. The first-order chi connectivity index (χ1) is 30.6. The molecule has 0 aliphatic heterocycles. The maximum atomic E-state index is 16.5. The Bertz CT molecular complexity index is 2950. The summed E-state index contributed by atoms with van der Waals surface area (Å²) in [5, 5.41) is 31.2. The molecule has 1 unspecified atom stereocenters. The van der Waals surface area contributed by atoms with Crippen molar-refractivity contribution in [2.45, 2.75) is 75.5 Å². The molecule has 13 nitrogen and oxygen atoms in total. The lowest BCUT2D eigenvalue weighted by Gasteiger charge is -2.37. The number of hydrogen-bond donors (Lipinski definition) is 2. The van der Waals surface area contributed by atoms with Crippen LogP contribution in [-0.2, 0) is 15.6 Å². The number of aliphatic hydroxyl groups is 1. The van der Waals surface area contributed by atoms with Gasteiger partial charge >= 0.3 is 5.97 Å². The molecule has 0 radical (unpaired) electrons. The fraction of sp³-hybridized carbons (Fsp3) is 0.362. The molecule has 4 aromatic heterocycles. The van der Waals surface area contributed by atoms with E-state index in [9.17, 15) is 14.7 Å². The fourth-order valence-corrected chi connectivity index (χ4v) is 12.7. The summed E-state index contributed by atoms with van der Waals surface area (Å²) in [4.78, 5) is 43.6. The minimum absolute atomic E-state index is 0.0159. The Kier molecular flexibility index (Phi) is 9.75. The van der Waals surface area contributed by atoms with Crippen LogP contribution in [0.25, 0.3) is 22.5 Å². The van der Waals surface area contributed by atoms with Crippen molar-refractivity contribution < 1.29 is 28.2 Å². The highest BCUT2D eigenvalue weighted by atomic mass is 35.5. The van der Waals surface area contributed by atoms with E-state index < -0.39 is 45.2 Å². The fourth-order valence-electron chi connectivity index (χ4n) is 12.0. The number of rotatable bonds is 9. The number of amides is 1. The number of halogens is 4.